The standard InChI is InChI=1S/C21H14Cl2/c1-13(14-5-3-2-4-6-14)21-19-11-15(22)7-9-17(19)18-10-8-16(23)12-20(18)21/h2-12H,1H3. The molecule has 0 unspecified atom stereocenters. The summed E-state index contributed by atoms with van der Waals surface area (Å²) in [6, 6.07) is 22.6. The predicted octanol–water partition coefficient (Wildman–Crippen LogP) is 6.95. The molecule has 0 fully saturated rings. The molecule has 0 atom stereocenters. The second-order valence-corrected chi connectivity index (χ2v) is 6.62. The van der Waals surface area contributed by atoms with Gasteiger partial charge in [-0.05, 0) is 70.2 Å². The van der Waals surface area contributed by atoms with E-state index in [4.69, 9.17) is 23.2 Å². The minimum absolute atomic E-state index is 0.751. The first-order valence-electron chi connectivity index (χ1n) is 7.51. The third-order valence-electron chi connectivity index (χ3n) is 4.37. The Morgan fingerprint density at radius 3 is 1.70 bits per heavy atom. The van der Waals surface area contributed by atoms with Crippen molar-refractivity contribution in [1.29, 1.82) is 0 Å². The molecule has 23 heavy (non-hydrogen) atoms. The van der Waals surface area contributed by atoms with Crippen LogP contribution in [0.15, 0.2) is 66.7 Å². The maximum Gasteiger partial charge on any atom is 0.0412 e. The molecule has 0 nitrogen and oxygen atoms in total. The number of halogens is 2. The zero-order valence-corrected chi connectivity index (χ0v) is 14.1. The van der Waals surface area contributed by atoms with Gasteiger partial charge in [0.05, 0.1) is 0 Å². The Balaban J connectivity index is 2.07. The number of hydrogen-bond donors (Lipinski definition) is 0. The van der Waals surface area contributed by atoms with Crippen molar-refractivity contribution in [2.45, 2.75) is 6.92 Å². The van der Waals surface area contributed by atoms with Gasteiger partial charge in [0, 0.05) is 10.0 Å². The van der Waals surface area contributed by atoms with Crippen LogP contribution in [0.3, 0.4) is 0 Å². The van der Waals surface area contributed by atoms with E-state index in [1.807, 2.05) is 30.3 Å². The topological polar surface area (TPSA) is 0 Å². The Kier molecular flexibility index (Phi) is 3.52. The molecule has 3 aromatic carbocycles. The third-order valence-corrected chi connectivity index (χ3v) is 4.84. The van der Waals surface area contributed by atoms with Gasteiger partial charge < -0.3 is 0 Å². The summed E-state index contributed by atoms with van der Waals surface area (Å²) in [6.45, 7) is 2.16. The lowest BCUT2D eigenvalue weighted by Gasteiger charge is -2.10. The molecule has 0 bridgehead atoms. The normalized spacial score (nSPS) is 12.0. The molecular formula is C21H14Cl2. The Labute approximate surface area is 146 Å². The van der Waals surface area contributed by atoms with Crippen molar-refractivity contribution in [1.82, 2.24) is 0 Å². The molecule has 0 amide bonds. The summed E-state index contributed by atoms with van der Waals surface area (Å²) < 4.78 is 0. The Morgan fingerprint density at radius 1 is 0.652 bits per heavy atom. The molecule has 4 rings (SSSR count). The fourth-order valence-corrected chi connectivity index (χ4v) is 3.64. The lowest BCUT2D eigenvalue weighted by molar-refractivity contribution is 1.55. The highest BCUT2D eigenvalue weighted by Crippen LogP contribution is 2.48. The van der Waals surface area contributed by atoms with Crippen molar-refractivity contribution in [3.8, 4) is 11.1 Å². The van der Waals surface area contributed by atoms with E-state index in [-0.39, 0.29) is 0 Å². The average molecular weight is 337 g/mol. The van der Waals surface area contributed by atoms with Crippen LogP contribution < -0.4 is 0 Å². The van der Waals surface area contributed by atoms with E-state index in [1.54, 1.807) is 0 Å². The minimum Gasteiger partial charge on any atom is -0.0843 e. The van der Waals surface area contributed by atoms with Crippen LogP contribution >= 0.6 is 23.2 Å². The molecule has 3 aromatic rings. The lowest BCUT2D eigenvalue weighted by atomic mass is 9.94. The van der Waals surface area contributed by atoms with Crippen molar-refractivity contribution in [3.05, 3.63) is 93.5 Å². The van der Waals surface area contributed by atoms with Crippen molar-refractivity contribution in [3.63, 3.8) is 0 Å². The molecule has 0 aromatic heterocycles. The summed E-state index contributed by atoms with van der Waals surface area (Å²) in [7, 11) is 0. The van der Waals surface area contributed by atoms with E-state index < -0.39 is 0 Å². The van der Waals surface area contributed by atoms with Crippen molar-refractivity contribution in [2.24, 2.45) is 0 Å². The number of fused-ring (bicyclic) bond motifs is 3. The quantitative estimate of drug-likeness (QED) is 0.352. The van der Waals surface area contributed by atoms with Crippen molar-refractivity contribution < 1.29 is 0 Å². The van der Waals surface area contributed by atoms with Gasteiger partial charge in [-0.2, -0.15) is 0 Å². The maximum absolute atomic E-state index is 6.26. The van der Waals surface area contributed by atoms with Gasteiger partial charge >= 0.3 is 0 Å². The highest BCUT2D eigenvalue weighted by molar-refractivity contribution is 6.32. The molecule has 0 saturated carbocycles. The van der Waals surface area contributed by atoms with Crippen LogP contribution in [-0.4, -0.2) is 0 Å². The summed E-state index contributed by atoms with van der Waals surface area (Å²) in [5, 5.41) is 1.50. The number of allylic oxidation sites excluding steroid dienone is 1. The summed E-state index contributed by atoms with van der Waals surface area (Å²) in [5.41, 5.74) is 8.44. The van der Waals surface area contributed by atoms with Crippen molar-refractivity contribution in [2.75, 3.05) is 0 Å². The maximum atomic E-state index is 6.26. The fraction of sp³-hybridized carbons (Fsp3) is 0.0476. The molecule has 2 heteroatoms. The van der Waals surface area contributed by atoms with Gasteiger partial charge in [-0.15, -0.1) is 0 Å². The first-order valence-corrected chi connectivity index (χ1v) is 8.27. The minimum atomic E-state index is 0.751. The highest BCUT2D eigenvalue weighted by Gasteiger charge is 2.25. The van der Waals surface area contributed by atoms with Gasteiger partial charge in [0.1, 0.15) is 0 Å². The van der Waals surface area contributed by atoms with Crippen LogP contribution in [0.2, 0.25) is 10.0 Å². The number of rotatable bonds is 1. The Bertz CT molecular complexity index is 884. The number of hydrogen-bond acceptors (Lipinski definition) is 0. The molecule has 1 aliphatic carbocycles. The van der Waals surface area contributed by atoms with Gasteiger partial charge in [-0.1, -0.05) is 65.7 Å². The zero-order chi connectivity index (χ0) is 16.0. The second kappa shape index (κ2) is 5.56. The SMILES string of the molecule is CC(=C1c2cc(Cl)ccc2-c2ccc(Cl)cc21)c1ccccc1. The largest absolute Gasteiger partial charge is 0.0843 e. The van der Waals surface area contributed by atoms with E-state index in [0.717, 1.165) is 10.0 Å². The average Bonchev–Trinajstić information content (AvgIpc) is 2.87. The first kappa shape index (κ1) is 14.6. The molecule has 1 aliphatic rings. The zero-order valence-electron chi connectivity index (χ0n) is 12.6. The molecule has 0 spiro atoms. The highest BCUT2D eigenvalue weighted by atomic mass is 35.5. The van der Waals surface area contributed by atoms with Gasteiger partial charge in [-0.3, -0.25) is 0 Å². The fourth-order valence-electron chi connectivity index (χ4n) is 3.30. The number of benzene rings is 3. The van der Waals surface area contributed by atoms with Gasteiger partial charge in [0.2, 0.25) is 0 Å². The third kappa shape index (κ3) is 2.39. The van der Waals surface area contributed by atoms with E-state index >= 15 is 0 Å². The molecular weight excluding hydrogens is 323 g/mol. The van der Waals surface area contributed by atoms with Crippen LogP contribution in [0.4, 0.5) is 0 Å². The summed E-state index contributed by atoms with van der Waals surface area (Å²) >= 11 is 12.5. The molecule has 112 valence electrons. The monoisotopic (exact) mass is 336 g/mol. The second-order valence-electron chi connectivity index (χ2n) is 5.75. The van der Waals surface area contributed by atoms with Crippen LogP contribution in [0.25, 0.3) is 22.3 Å². The molecule has 0 aliphatic heterocycles. The lowest BCUT2D eigenvalue weighted by Crippen LogP contribution is -1.88. The smallest absolute Gasteiger partial charge is 0.0412 e. The van der Waals surface area contributed by atoms with Crippen LogP contribution in [0.1, 0.15) is 23.6 Å². The molecule has 0 saturated heterocycles. The van der Waals surface area contributed by atoms with Crippen LogP contribution in [0, 0.1) is 0 Å². The van der Waals surface area contributed by atoms with E-state index in [9.17, 15) is 0 Å². The summed E-state index contributed by atoms with van der Waals surface area (Å²) in [5.74, 6) is 0. The van der Waals surface area contributed by atoms with Gasteiger partial charge in [0.25, 0.3) is 0 Å². The Hall–Kier alpha value is -2.02. The summed E-state index contributed by atoms with van der Waals surface area (Å²) in [4.78, 5) is 0. The van der Waals surface area contributed by atoms with Crippen LogP contribution in [-0.2, 0) is 0 Å². The predicted molar refractivity (Wildman–Crippen MR) is 99.9 cm³/mol. The molecule has 0 heterocycles. The van der Waals surface area contributed by atoms with Gasteiger partial charge in [-0.25, -0.2) is 0 Å². The first-order chi connectivity index (χ1) is 11.1. The Morgan fingerprint density at radius 2 is 1.17 bits per heavy atom. The van der Waals surface area contributed by atoms with Gasteiger partial charge in [0.15, 0.2) is 0 Å². The summed E-state index contributed by atoms with van der Waals surface area (Å²) in [6.07, 6.45) is 0. The van der Waals surface area contributed by atoms with E-state index in [0.29, 0.717) is 0 Å². The van der Waals surface area contributed by atoms with E-state index in [2.05, 4.69) is 43.3 Å². The van der Waals surface area contributed by atoms with E-state index in [1.165, 1.54) is 39.0 Å². The molecule has 0 radical (unpaired) electrons. The van der Waals surface area contributed by atoms with Crippen LogP contribution in [0.5, 0.6) is 0 Å². The van der Waals surface area contributed by atoms with Crippen molar-refractivity contribution >= 4 is 34.3 Å². The molecule has 0 N–H and O–H groups in total.